The minimum absolute atomic E-state index is 0. The number of sulfonamides is 1. The zero-order valence-corrected chi connectivity index (χ0v) is 14.7. The first kappa shape index (κ1) is 17.7. The molecule has 0 atom stereocenters. The van der Waals surface area contributed by atoms with Gasteiger partial charge in [0, 0.05) is 50.4 Å². The van der Waals surface area contributed by atoms with Crippen LogP contribution in [0.25, 0.3) is 0 Å². The van der Waals surface area contributed by atoms with Gasteiger partial charge < -0.3 is 10.2 Å². The van der Waals surface area contributed by atoms with Crippen molar-refractivity contribution >= 4 is 44.0 Å². The van der Waals surface area contributed by atoms with Crippen molar-refractivity contribution in [3.8, 4) is 0 Å². The summed E-state index contributed by atoms with van der Waals surface area (Å²) in [7, 11) is 0.358. The Bertz CT molecular complexity index is 560. The molecule has 20 heavy (non-hydrogen) atoms. The minimum atomic E-state index is -3.43. The molecule has 1 N–H and O–H groups in total. The summed E-state index contributed by atoms with van der Waals surface area (Å²) in [6.07, 6.45) is 0. The summed E-state index contributed by atoms with van der Waals surface area (Å²) < 4.78 is 27.4. The van der Waals surface area contributed by atoms with E-state index in [2.05, 4.69) is 21.2 Å². The first-order chi connectivity index (χ1) is 8.93. The van der Waals surface area contributed by atoms with Crippen LogP contribution in [0.4, 0.5) is 5.69 Å². The van der Waals surface area contributed by atoms with Gasteiger partial charge in [-0.1, -0.05) is 0 Å². The van der Waals surface area contributed by atoms with E-state index in [-0.39, 0.29) is 12.4 Å². The third kappa shape index (κ3) is 3.65. The lowest BCUT2D eigenvalue weighted by molar-refractivity contribution is 0.360. The van der Waals surface area contributed by atoms with Crippen molar-refractivity contribution in [2.75, 3.05) is 45.2 Å². The van der Waals surface area contributed by atoms with Gasteiger partial charge in [0.25, 0.3) is 0 Å². The maximum atomic E-state index is 12.6. The molecule has 114 valence electrons. The van der Waals surface area contributed by atoms with Crippen LogP contribution in [0.15, 0.2) is 27.6 Å². The number of anilines is 1. The van der Waals surface area contributed by atoms with Crippen molar-refractivity contribution in [3.63, 3.8) is 0 Å². The van der Waals surface area contributed by atoms with Crippen LogP contribution < -0.4 is 10.2 Å². The lowest BCUT2D eigenvalue weighted by Crippen LogP contribution is -2.46. The molecule has 1 aromatic rings. The number of hydrogen-bond donors (Lipinski definition) is 1. The molecule has 0 unspecified atom stereocenters. The van der Waals surface area contributed by atoms with Crippen LogP contribution in [-0.2, 0) is 10.0 Å². The summed E-state index contributed by atoms with van der Waals surface area (Å²) in [6, 6.07) is 5.38. The molecule has 5 nitrogen and oxygen atoms in total. The van der Waals surface area contributed by atoms with Gasteiger partial charge in [0.2, 0.25) is 10.0 Å². The number of nitrogens with one attached hydrogen (secondary N) is 1. The zero-order chi connectivity index (χ0) is 14.0. The summed E-state index contributed by atoms with van der Waals surface area (Å²) >= 11 is 3.34. The number of rotatable bonds is 3. The second-order valence-corrected chi connectivity index (χ2v) is 7.42. The maximum absolute atomic E-state index is 12.6. The lowest BCUT2D eigenvalue weighted by Gasteiger charge is -2.27. The van der Waals surface area contributed by atoms with Gasteiger partial charge in [-0.05, 0) is 34.1 Å². The van der Waals surface area contributed by atoms with Gasteiger partial charge in [-0.25, -0.2) is 8.42 Å². The second-order valence-electron chi connectivity index (χ2n) is 4.66. The van der Waals surface area contributed by atoms with Gasteiger partial charge >= 0.3 is 0 Å². The van der Waals surface area contributed by atoms with Crippen LogP contribution in [0.2, 0.25) is 0 Å². The van der Waals surface area contributed by atoms with Crippen LogP contribution in [0.5, 0.6) is 0 Å². The normalized spacial score (nSPS) is 16.6. The Kier molecular flexibility index (Phi) is 6.27. The van der Waals surface area contributed by atoms with E-state index in [9.17, 15) is 8.42 Å². The highest BCUT2D eigenvalue weighted by molar-refractivity contribution is 9.10. The largest absolute Gasteiger partial charge is 0.378 e. The van der Waals surface area contributed by atoms with Crippen LogP contribution in [0.3, 0.4) is 0 Å². The van der Waals surface area contributed by atoms with E-state index in [0.29, 0.717) is 35.5 Å². The Morgan fingerprint density at radius 3 is 2.40 bits per heavy atom. The first-order valence-electron chi connectivity index (χ1n) is 6.10. The van der Waals surface area contributed by atoms with E-state index in [1.807, 2.05) is 25.1 Å². The van der Waals surface area contributed by atoms with Crippen molar-refractivity contribution < 1.29 is 8.42 Å². The predicted molar refractivity (Wildman–Crippen MR) is 87.3 cm³/mol. The summed E-state index contributed by atoms with van der Waals surface area (Å²) in [6.45, 7) is 2.43. The highest BCUT2D eigenvalue weighted by atomic mass is 79.9. The number of benzene rings is 1. The fraction of sp³-hybridized carbons (Fsp3) is 0.500. The van der Waals surface area contributed by atoms with E-state index in [4.69, 9.17) is 0 Å². The first-order valence-corrected chi connectivity index (χ1v) is 8.34. The Morgan fingerprint density at radius 1 is 1.25 bits per heavy atom. The summed E-state index contributed by atoms with van der Waals surface area (Å²) in [5, 5.41) is 3.16. The summed E-state index contributed by atoms with van der Waals surface area (Å²) in [4.78, 5) is 2.23. The van der Waals surface area contributed by atoms with Crippen LogP contribution in [0.1, 0.15) is 0 Å². The molecule has 0 aliphatic carbocycles. The highest BCUT2D eigenvalue weighted by Gasteiger charge is 2.28. The molecule has 1 aliphatic heterocycles. The van der Waals surface area contributed by atoms with E-state index >= 15 is 0 Å². The maximum Gasteiger partial charge on any atom is 0.244 e. The number of halogens is 2. The average Bonchev–Trinajstić information content (AvgIpc) is 2.39. The van der Waals surface area contributed by atoms with Crippen LogP contribution >= 0.6 is 28.3 Å². The molecule has 0 spiro atoms. The fourth-order valence-corrected chi connectivity index (χ4v) is 4.38. The van der Waals surface area contributed by atoms with Crippen molar-refractivity contribution in [3.05, 3.63) is 22.7 Å². The van der Waals surface area contributed by atoms with Crippen molar-refractivity contribution in [2.45, 2.75) is 4.90 Å². The molecular formula is C12H19BrClN3O2S. The zero-order valence-electron chi connectivity index (χ0n) is 11.5. The van der Waals surface area contributed by atoms with Crippen molar-refractivity contribution in [1.29, 1.82) is 0 Å². The highest BCUT2D eigenvalue weighted by Crippen LogP contribution is 2.29. The molecule has 1 fully saturated rings. The molecule has 0 radical (unpaired) electrons. The van der Waals surface area contributed by atoms with E-state index in [1.165, 1.54) is 4.31 Å². The molecule has 0 aromatic heterocycles. The number of piperazine rings is 1. The molecule has 1 saturated heterocycles. The van der Waals surface area contributed by atoms with Crippen LogP contribution in [0, 0.1) is 0 Å². The SMILES string of the molecule is CN(C)c1ccc(Br)c(S(=O)(=O)N2CCNCC2)c1.Cl. The molecule has 0 bridgehead atoms. The van der Waals surface area contributed by atoms with Gasteiger partial charge in [-0.15, -0.1) is 12.4 Å². The third-order valence-electron chi connectivity index (χ3n) is 3.12. The molecule has 1 aliphatic rings. The molecule has 8 heteroatoms. The Balaban J connectivity index is 0.00000200. The minimum Gasteiger partial charge on any atom is -0.378 e. The van der Waals surface area contributed by atoms with Gasteiger partial charge in [-0.3, -0.25) is 0 Å². The fourth-order valence-electron chi connectivity index (χ4n) is 1.99. The molecule has 0 amide bonds. The molecule has 0 saturated carbocycles. The quantitative estimate of drug-likeness (QED) is 0.859. The van der Waals surface area contributed by atoms with Crippen molar-refractivity contribution in [2.24, 2.45) is 0 Å². The number of hydrogen-bond acceptors (Lipinski definition) is 4. The van der Waals surface area contributed by atoms with Gasteiger partial charge in [0.05, 0.1) is 4.90 Å². The van der Waals surface area contributed by atoms with Gasteiger partial charge in [0.15, 0.2) is 0 Å². The molecular weight excluding hydrogens is 366 g/mol. The standard InChI is InChI=1S/C12H18BrN3O2S.ClH/c1-15(2)10-3-4-11(13)12(9-10)19(17,18)16-7-5-14-6-8-16;/h3-4,9,14H,5-8H2,1-2H3;1H. The molecule has 1 heterocycles. The summed E-state index contributed by atoms with van der Waals surface area (Å²) in [5.41, 5.74) is 0.872. The van der Waals surface area contributed by atoms with Crippen molar-refractivity contribution in [1.82, 2.24) is 9.62 Å². The van der Waals surface area contributed by atoms with E-state index in [0.717, 1.165) is 5.69 Å². The Morgan fingerprint density at radius 2 is 1.85 bits per heavy atom. The average molecular weight is 385 g/mol. The topological polar surface area (TPSA) is 52.7 Å². The Hall–Kier alpha value is -0.340. The number of nitrogens with zero attached hydrogens (tertiary/aromatic N) is 2. The molecule has 2 rings (SSSR count). The molecule has 1 aromatic carbocycles. The summed E-state index contributed by atoms with van der Waals surface area (Å²) in [5.74, 6) is 0. The van der Waals surface area contributed by atoms with Gasteiger partial charge in [-0.2, -0.15) is 4.31 Å². The van der Waals surface area contributed by atoms with Crippen LogP contribution in [-0.4, -0.2) is 53.0 Å². The van der Waals surface area contributed by atoms with E-state index < -0.39 is 10.0 Å². The predicted octanol–water partition coefficient (Wildman–Crippen LogP) is 1.53. The third-order valence-corrected chi connectivity index (χ3v) is 6.02. The lowest BCUT2D eigenvalue weighted by atomic mass is 10.3. The van der Waals surface area contributed by atoms with E-state index in [1.54, 1.807) is 12.1 Å². The van der Waals surface area contributed by atoms with Gasteiger partial charge in [0.1, 0.15) is 0 Å². The second kappa shape index (κ2) is 7.09. The monoisotopic (exact) mass is 383 g/mol. The Labute approximate surface area is 134 Å². The smallest absolute Gasteiger partial charge is 0.244 e.